The topological polar surface area (TPSA) is 50.1 Å². The van der Waals surface area contributed by atoms with Crippen LogP contribution in [-0.2, 0) is 7.05 Å². The Morgan fingerprint density at radius 3 is 2.48 bits per heavy atom. The van der Waals surface area contributed by atoms with Gasteiger partial charge in [0.15, 0.2) is 0 Å². The van der Waals surface area contributed by atoms with Crippen LogP contribution in [0.25, 0.3) is 0 Å². The van der Waals surface area contributed by atoms with Crippen LogP contribution in [0.5, 0.6) is 0 Å². The molecule has 0 aliphatic heterocycles. The second-order valence-corrected chi connectivity index (χ2v) is 5.86. The number of aromatic nitrogens is 2. The summed E-state index contributed by atoms with van der Waals surface area (Å²) in [5.74, 6) is 0.0176. The Morgan fingerprint density at radius 2 is 1.84 bits per heavy atom. The third-order valence-electron chi connectivity index (χ3n) is 4.07. The van der Waals surface area contributed by atoms with Crippen molar-refractivity contribution < 1.29 is 13.9 Å². The monoisotopic (exact) mass is 343 g/mol. The summed E-state index contributed by atoms with van der Waals surface area (Å²) in [5, 5.41) is 13.6. The molecular formula is C19H19F2N3O. The minimum absolute atomic E-state index is 0.208. The molecule has 25 heavy (non-hydrogen) atoms. The molecule has 0 radical (unpaired) electrons. The molecule has 0 fully saturated rings. The maximum atomic E-state index is 13.6. The van der Waals surface area contributed by atoms with Crippen molar-refractivity contribution in [3.05, 3.63) is 89.5 Å². The number of hydrogen-bond donors (Lipinski definition) is 2. The second kappa shape index (κ2) is 7.55. The van der Waals surface area contributed by atoms with Crippen LogP contribution < -0.4 is 5.32 Å². The zero-order valence-corrected chi connectivity index (χ0v) is 13.7. The molecule has 1 heterocycles. The number of aliphatic hydroxyl groups excluding tert-OH is 1. The normalized spacial score (nSPS) is 13.6. The van der Waals surface area contributed by atoms with Gasteiger partial charge in [-0.2, -0.15) is 0 Å². The molecule has 130 valence electrons. The van der Waals surface area contributed by atoms with Crippen LogP contribution in [0.2, 0.25) is 0 Å². The van der Waals surface area contributed by atoms with Crippen molar-refractivity contribution in [1.29, 1.82) is 0 Å². The first-order chi connectivity index (χ1) is 12.0. The molecule has 2 aromatic carbocycles. The molecule has 0 aliphatic rings. The lowest BCUT2D eigenvalue weighted by Gasteiger charge is -2.21. The van der Waals surface area contributed by atoms with Crippen molar-refractivity contribution in [3.8, 4) is 0 Å². The van der Waals surface area contributed by atoms with Crippen molar-refractivity contribution >= 4 is 0 Å². The van der Waals surface area contributed by atoms with E-state index < -0.39 is 6.10 Å². The van der Waals surface area contributed by atoms with Gasteiger partial charge in [0.2, 0.25) is 0 Å². The Labute approximate surface area is 144 Å². The highest BCUT2D eigenvalue weighted by Gasteiger charge is 2.20. The van der Waals surface area contributed by atoms with Gasteiger partial charge < -0.3 is 15.0 Å². The van der Waals surface area contributed by atoms with Crippen LogP contribution >= 0.6 is 0 Å². The molecule has 6 heteroatoms. The smallest absolute Gasteiger partial charge is 0.130 e. The van der Waals surface area contributed by atoms with Crippen molar-refractivity contribution in [1.82, 2.24) is 14.9 Å². The minimum Gasteiger partial charge on any atom is -0.387 e. The van der Waals surface area contributed by atoms with Crippen molar-refractivity contribution in [2.75, 3.05) is 6.54 Å². The van der Waals surface area contributed by atoms with Crippen LogP contribution in [0.3, 0.4) is 0 Å². The van der Waals surface area contributed by atoms with E-state index in [0.717, 1.165) is 0 Å². The van der Waals surface area contributed by atoms with E-state index in [9.17, 15) is 13.9 Å². The van der Waals surface area contributed by atoms with Gasteiger partial charge >= 0.3 is 0 Å². The zero-order chi connectivity index (χ0) is 17.8. The van der Waals surface area contributed by atoms with Gasteiger partial charge in [-0.15, -0.1) is 0 Å². The van der Waals surface area contributed by atoms with E-state index in [4.69, 9.17) is 0 Å². The Morgan fingerprint density at radius 1 is 1.08 bits per heavy atom. The molecule has 2 atom stereocenters. The highest BCUT2D eigenvalue weighted by molar-refractivity contribution is 5.26. The van der Waals surface area contributed by atoms with E-state index in [1.165, 1.54) is 24.3 Å². The number of halogens is 2. The summed E-state index contributed by atoms with van der Waals surface area (Å²) in [5.41, 5.74) is 1.31. The maximum Gasteiger partial charge on any atom is 0.130 e. The highest BCUT2D eigenvalue weighted by atomic mass is 19.1. The molecule has 2 N–H and O–H groups in total. The Bertz CT molecular complexity index is 833. The molecule has 1 aromatic heterocycles. The predicted molar refractivity (Wildman–Crippen MR) is 90.8 cm³/mol. The molecule has 3 rings (SSSR count). The van der Waals surface area contributed by atoms with E-state index >= 15 is 0 Å². The average molecular weight is 343 g/mol. The largest absolute Gasteiger partial charge is 0.387 e. The van der Waals surface area contributed by atoms with Crippen LogP contribution in [0.15, 0.2) is 60.9 Å². The molecule has 0 saturated heterocycles. The van der Waals surface area contributed by atoms with Gasteiger partial charge in [-0.05, 0) is 35.4 Å². The lowest BCUT2D eigenvalue weighted by Crippen LogP contribution is -2.29. The molecule has 3 aromatic rings. The summed E-state index contributed by atoms with van der Waals surface area (Å²) in [7, 11) is 1.85. The third kappa shape index (κ3) is 4.10. The van der Waals surface area contributed by atoms with Crippen LogP contribution in [0, 0.1) is 11.6 Å². The van der Waals surface area contributed by atoms with E-state index in [2.05, 4.69) is 10.3 Å². The van der Waals surface area contributed by atoms with Crippen LogP contribution in [0.1, 0.15) is 29.1 Å². The first kappa shape index (κ1) is 17.3. The molecule has 0 spiro atoms. The van der Waals surface area contributed by atoms with Gasteiger partial charge in [-0.25, -0.2) is 13.8 Å². The maximum absolute atomic E-state index is 13.6. The number of aryl methyl sites for hydroxylation is 1. The lowest BCUT2D eigenvalue weighted by atomic mass is 10.0. The second-order valence-electron chi connectivity index (χ2n) is 5.86. The van der Waals surface area contributed by atoms with Crippen molar-refractivity contribution in [3.63, 3.8) is 0 Å². The average Bonchev–Trinajstić information content (AvgIpc) is 3.02. The number of hydrogen-bond acceptors (Lipinski definition) is 3. The number of nitrogens with zero attached hydrogens (tertiary/aromatic N) is 2. The van der Waals surface area contributed by atoms with Crippen molar-refractivity contribution in [2.45, 2.75) is 12.1 Å². The summed E-state index contributed by atoms with van der Waals surface area (Å²) in [4.78, 5) is 4.33. The number of aliphatic hydroxyl groups is 1. The molecule has 0 aliphatic carbocycles. The quantitative estimate of drug-likeness (QED) is 0.723. The van der Waals surface area contributed by atoms with Gasteiger partial charge in [0.25, 0.3) is 0 Å². The minimum atomic E-state index is -0.822. The van der Waals surface area contributed by atoms with Gasteiger partial charge in [-0.3, -0.25) is 0 Å². The Kier molecular flexibility index (Phi) is 5.21. The molecule has 0 saturated carbocycles. The summed E-state index contributed by atoms with van der Waals surface area (Å²) in [6.45, 7) is 0.208. The zero-order valence-electron chi connectivity index (χ0n) is 13.7. The highest BCUT2D eigenvalue weighted by Crippen LogP contribution is 2.22. The molecule has 2 unspecified atom stereocenters. The standard InChI is InChI=1S/C19H19F2N3O/c1-24-10-9-22-19(24)18(14-3-2-4-16(21)11-14)23-12-17(25)13-5-7-15(20)8-6-13/h2-11,17-18,23,25H,12H2,1H3. The van der Waals surface area contributed by atoms with E-state index in [1.54, 1.807) is 36.7 Å². The molecular weight excluding hydrogens is 324 g/mol. The number of benzene rings is 2. The number of rotatable bonds is 6. The fourth-order valence-corrected chi connectivity index (χ4v) is 2.73. The first-order valence-electron chi connectivity index (χ1n) is 7.94. The Hall–Kier alpha value is -2.57. The fourth-order valence-electron chi connectivity index (χ4n) is 2.73. The molecule has 0 bridgehead atoms. The van der Waals surface area contributed by atoms with E-state index in [0.29, 0.717) is 17.0 Å². The number of imidazole rings is 1. The summed E-state index contributed by atoms with van der Waals surface area (Å²) in [6, 6.07) is 11.6. The molecule has 0 amide bonds. The van der Waals surface area contributed by atoms with Crippen LogP contribution in [-0.4, -0.2) is 21.2 Å². The SMILES string of the molecule is Cn1ccnc1C(NCC(O)c1ccc(F)cc1)c1cccc(F)c1. The van der Waals surface area contributed by atoms with Gasteiger partial charge in [0.05, 0.1) is 12.1 Å². The van der Waals surface area contributed by atoms with Gasteiger partial charge in [0, 0.05) is 26.0 Å². The van der Waals surface area contributed by atoms with Gasteiger partial charge in [0.1, 0.15) is 17.5 Å². The third-order valence-corrected chi connectivity index (χ3v) is 4.07. The predicted octanol–water partition coefficient (Wildman–Crippen LogP) is 3.11. The van der Waals surface area contributed by atoms with E-state index in [-0.39, 0.29) is 24.2 Å². The van der Waals surface area contributed by atoms with Crippen LogP contribution in [0.4, 0.5) is 8.78 Å². The Balaban J connectivity index is 1.81. The summed E-state index contributed by atoms with van der Waals surface area (Å²) in [6.07, 6.45) is 2.65. The summed E-state index contributed by atoms with van der Waals surface area (Å²) >= 11 is 0. The molecule has 4 nitrogen and oxygen atoms in total. The van der Waals surface area contributed by atoms with E-state index in [1.807, 2.05) is 11.6 Å². The first-order valence-corrected chi connectivity index (χ1v) is 7.94. The van der Waals surface area contributed by atoms with Gasteiger partial charge in [-0.1, -0.05) is 24.3 Å². The summed E-state index contributed by atoms with van der Waals surface area (Å²) < 4.78 is 28.5. The number of nitrogens with one attached hydrogen (secondary N) is 1. The lowest BCUT2D eigenvalue weighted by molar-refractivity contribution is 0.171. The fraction of sp³-hybridized carbons (Fsp3) is 0.211. The van der Waals surface area contributed by atoms with Crippen molar-refractivity contribution in [2.24, 2.45) is 7.05 Å².